The lowest BCUT2D eigenvalue weighted by molar-refractivity contribution is 0.102. The van der Waals surface area contributed by atoms with Crippen molar-refractivity contribution in [1.82, 2.24) is 9.29 Å². The smallest absolute Gasteiger partial charge is 0.257 e. The van der Waals surface area contributed by atoms with Gasteiger partial charge in [0.2, 0.25) is 10.0 Å². The molecule has 1 aromatic heterocycles. The molecule has 7 nitrogen and oxygen atoms in total. The second kappa shape index (κ2) is 8.74. The number of nitrogens with one attached hydrogen (secondary N) is 1. The molecule has 1 N–H and O–H groups in total. The zero-order valence-corrected chi connectivity index (χ0v) is 18.3. The lowest BCUT2D eigenvalue weighted by atomic mass is 10.1. The van der Waals surface area contributed by atoms with Gasteiger partial charge in [-0.05, 0) is 55.3 Å². The van der Waals surface area contributed by atoms with Crippen LogP contribution in [-0.4, -0.2) is 43.8 Å². The Balaban J connectivity index is 1.46. The standard InChI is InChI=1S/C21H20FN3O4S2/c1-29-19-9-6-15(12-17(19)22)18-13-30-21(23-18)24-20(26)14-4-7-16(8-5-14)31(27,28)25-10-2-3-11-25/h4-9,12-13H,2-3,10-11H2,1H3,(H,23,24,26). The fourth-order valence-electron chi connectivity index (χ4n) is 3.31. The third kappa shape index (κ3) is 4.46. The van der Waals surface area contributed by atoms with Crippen LogP contribution in [0.4, 0.5) is 9.52 Å². The number of carbonyl (C=O) groups excluding carboxylic acids is 1. The van der Waals surface area contributed by atoms with Gasteiger partial charge in [0.25, 0.3) is 5.91 Å². The maximum Gasteiger partial charge on any atom is 0.257 e. The lowest BCUT2D eigenvalue weighted by Crippen LogP contribution is -2.27. The van der Waals surface area contributed by atoms with E-state index in [1.165, 1.54) is 59.2 Å². The van der Waals surface area contributed by atoms with Gasteiger partial charge in [-0.15, -0.1) is 11.3 Å². The highest BCUT2D eigenvalue weighted by Crippen LogP contribution is 2.29. The SMILES string of the molecule is COc1ccc(-c2csc(NC(=O)c3ccc(S(=O)(=O)N4CCCC4)cc3)n2)cc1F. The van der Waals surface area contributed by atoms with Crippen molar-refractivity contribution < 1.29 is 22.3 Å². The van der Waals surface area contributed by atoms with Gasteiger partial charge in [-0.1, -0.05) is 0 Å². The van der Waals surface area contributed by atoms with Crippen LogP contribution < -0.4 is 10.1 Å². The zero-order chi connectivity index (χ0) is 22.0. The number of aromatic nitrogens is 1. The molecule has 0 radical (unpaired) electrons. The van der Waals surface area contributed by atoms with Crippen LogP contribution in [0.15, 0.2) is 52.7 Å². The number of amides is 1. The molecule has 0 bridgehead atoms. The van der Waals surface area contributed by atoms with E-state index in [0.29, 0.717) is 35.0 Å². The van der Waals surface area contributed by atoms with Crippen molar-refractivity contribution in [3.8, 4) is 17.0 Å². The Hall–Kier alpha value is -2.82. The number of sulfonamides is 1. The number of benzene rings is 2. The third-order valence-electron chi connectivity index (χ3n) is 4.99. The largest absolute Gasteiger partial charge is 0.494 e. The molecule has 1 amide bonds. The van der Waals surface area contributed by atoms with Gasteiger partial charge in [0.15, 0.2) is 16.7 Å². The molecule has 1 aliphatic rings. The van der Waals surface area contributed by atoms with E-state index in [4.69, 9.17) is 4.74 Å². The second-order valence-electron chi connectivity index (χ2n) is 6.98. The number of hydrogen-bond donors (Lipinski definition) is 1. The number of methoxy groups -OCH3 is 1. The van der Waals surface area contributed by atoms with E-state index in [-0.39, 0.29) is 10.6 Å². The molecule has 4 rings (SSSR count). The van der Waals surface area contributed by atoms with Crippen LogP contribution in [0, 0.1) is 5.82 Å². The van der Waals surface area contributed by atoms with Crippen LogP contribution in [0.25, 0.3) is 11.3 Å². The average molecular weight is 462 g/mol. The highest BCUT2D eigenvalue weighted by atomic mass is 32.2. The van der Waals surface area contributed by atoms with Crippen molar-refractivity contribution in [2.75, 3.05) is 25.5 Å². The molecule has 3 aromatic rings. The number of anilines is 1. The van der Waals surface area contributed by atoms with Crippen LogP contribution in [0.1, 0.15) is 23.2 Å². The highest BCUT2D eigenvalue weighted by molar-refractivity contribution is 7.89. The van der Waals surface area contributed by atoms with Crippen LogP contribution in [0.5, 0.6) is 5.75 Å². The number of thiazole rings is 1. The summed E-state index contributed by atoms with van der Waals surface area (Å²) >= 11 is 1.21. The van der Waals surface area contributed by atoms with E-state index >= 15 is 0 Å². The van der Waals surface area contributed by atoms with Gasteiger partial charge < -0.3 is 4.74 Å². The molecule has 31 heavy (non-hydrogen) atoms. The van der Waals surface area contributed by atoms with E-state index in [9.17, 15) is 17.6 Å². The number of rotatable bonds is 6. The molecule has 0 unspecified atom stereocenters. The van der Waals surface area contributed by atoms with Crippen molar-refractivity contribution in [2.45, 2.75) is 17.7 Å². The van der Waals surface area contributed by atoms with E-state index in [2.05, 4.69) is 10.3 Å². The Bertz CT molecular complexity index is 1200. The first-order chi connectivity index (χ1) is 14.9. The molecule has 0 saturated carbocycles. The lowest BCUT2D eigenvalue weighted by Gasteiger charge is -2.15. The Morgan fingerprint density at radius 2 is 1.87 bits per heavy atom. The monoisotopic (exact) mass is 461 g/mol. The fraction of sp³-hybridized carbons (Fsp3) is 0.238. The number of hydrogen-bond acceptors (Lipinski definition) is 6. The molecule has 2 heterocycles. The first-order valence-electron chi connectivity index (χ1n) is 9.59. The predicted molar refractivity (Wildman–Crippen MR) is 116 cm³/mol. The Morgan fingerprint density at radius 1 is 1.16 bits per heavy atom. The summed E-state index contributed by atoms with van der Waals surface area (Å²) in [5, 5.41) is 4.75. The van der Waals surface area contributed by atoms with Gasteiger partial charge in [-0.2, -0.15) is 4.31 Å². The number of halogens is 1. The summed E-state index contributed by atoms with van der Waals surface area (Å²) in [6, 6.07) is 10.4. The van der Waals surface area contributed by atoms with Crippen molar-refractivity contribution in [2.24, 2.45) is 0 Å². The highest BCUT2D eigenvalue weighted by Gasteiger charge is 2.27. The third-order valence-corrected chi connectivity index (χ3v) is 7.66. The second-order valence-corrected chi connectivity index (χ2v) is 9.77. The van der Waals surface area contributed by atoms with Gasteiger partial charge in [0.05, 0.1) is 17.7 Å². The summed E-state index contributed by atoms with van der Waals surface area (Å²) in [5.74, 6) is -0.766. The topological polar surface area (TPSA) is 88.6 Å². The molecule has 1 aliphatic heterocycles. The zero-order valence-electron chi connectivity index (χ0n) is 16.7. The van der Waals surface area contributed by atoms with Gasteiger partial charge in [-0.3, -0.25) is 10.1 Å². The summed E-state index contributed by atoms with van der Waals surface area (Å²) in [5.41, 5.74) is 1.40. The summed E-state index contributed by atoms with van der Waals surface area (Å²) < 4.78 is 45.5. The molecule has 1 saturated heterocycles. The maximum atomic E-state index is 13.9. The minimum Gasteiger partial charge on any atom is -0.494 e. The molecule has 10 heteroatoms. The number of carbonyl (C=O) groups is 1. The van der Waals surface area contributed by atoms with Crippen LogP contribution in [0.2, 0.25) is 0 Å². The van der Waals surface area contributed by atoms with E-state index < -0.39 is 21.7 Å². The van der Waals surface area contributed by atoms with E-state index in [1.807, 2.05) is 0 Å². The van der Waals surface area contributed by atoms with Crippen LogP contribution in [-0.2, 0) is 10.0 Å². The summed E-state index contributed by atoms with van der Waals surface area (Å²) in [4.78, 5) is 17.0. The molecule has 2 aromatic carbocycles. The normalized spacial score (nSPS) is 14.5. The predicted octanol–water partition coefficient (Wildman–Crippen LogP) is 3.99. The van der Waals surface area contributed by atoms with E-state index in [1.54, 1.807) is 11.4 Å². The minimum atomic E-state index is -3.52. The summed E-state index contributed by atoms with van der Waals surface area (Å²) in [6.45, 7) is 1.05. The molecule has 1 fully saturated rings. The summed E-state index contributed by atoms with van der Waals surface area (Å²) in [7, 11) is -2.13. The number of nitrogens with zero attached hydrogens (tertiary/aromatic N) is 2. The Morgan fingerprint density at radius 3 is 2.52 bits per heavy atom. The van der Waals surface area contributed by atoms with Crippen LogP contribution in [0.3, 0.4) is 0 Å². The quantitative estimate of drug-likeness (QED) is 0.600. The molecular weight excluding hydrogens is 441 g/mol. The molecule has 0 spiro atoms. The molecule has 162 valence electrons. The molecule has 0 aliphatic carbocycles. The maximum absolute atomic E-state index is 13.9. The Labute approximate surface area is 183 Å². The van der Waals surface area contributed by atoms with Gasteiger partial charge in [-0.25, -0.2) is 17.8 Å². The fourth-order valence-corrected chi connectivity index (χ4v) is 5.55. The van der Waals surface area contributed by atoms with Crippen LogP contribution >= 0.6 is 11.3 Å². The van der Waals surface area contributed by atoms with Crippen molar-refractivity contribution in [1.29, 1.82) is 0 Å². The number of ether oxygens (including phenoxy) is 1. The minimum absolute atomic E-state index is 0.141. The molecule has 0 atom stereocenters. The first-order valence-corrected chi connectivity index (χ1v) is 11.9. The van der Waals surface area contributed by atoms with Crippen molar-refractivity contribution >= 4 is 32.4 Å². The van der Waals surface area contributed by atoms with Gasteiger partial charge in [0, 0.05) is 29.6 Å². The first kappa shape index (κ1) is 21.4. The van der Waals surface area contributed by atoms with Crippen molar-refractivity contribution in [3.05, 3.63) is 59.2 Å². The summed E-state index contributed by atoms with van der Waals surface area (Å²) in [6.07, 6.45) is 1.72. The average Bonchev–Trinajstić information content (AvgIpc) is 3.46. The van der Waals surface area contributed by atoms with Crippen molar-refractivity contribution in [3.63, 3.8) is 0 Å². The Kier molecular flexibility index (Phi) is 6.03. The van der Waals surface area contributed by atoms with E-state index in [0.717, 1.165) is 12.8 Å². The molecular formula is C21H20FN3O4S2. The van der Waals surface area contributed by atoms with Gasteiger partial charge >= 0.3 is 0 Å². The van der Waals surface area contributed by atoms with Gasteiger partial charge in [0.1, 0.15) is 0 Å².